The number of thioether (sulfide) groups is 1. The number of para-hydroxylation sites is 1. The number of hydrogen-bond acceptors (Lipinski definition) is 16. The van der Waals surface area contributed by atoms with Gasteiger partial charge < -0.3 is 43.2 Å². The largest absolute Gasteiger partial charge is 0.494 e. The van der Waals surface area contributed by atoms with Crippen LogP contribution in [0.4, 0.5) is 5.69 Å². The smallest absolute Gasteiger partial charge is 0.330 e. The number of carbonyl (C=O) groups is 5. The van der Waals surface area contributed by atoms with Crippen molar-refractivity contribution in [2.24, 2.45) is 28.8 Å². The SMILES string of the molecule is C=CC(=O)OCCCCCCOc1ccc(OC(=O)C2CCC(COc3ccc(OCC4CCC(C(=O)Oc5ccc(OCCCCCCOC(=O)C=C)cc5)CC4)c(/C=N/N(C(=O)C=C)C4Nc5ccccc5S4)c3)CC2)cc1. The zero-order valence-electron chi connectivity index (χ0n) is 45.6. The molecule has 80 heavy (non-hydrogen) atoms. The summed E-state index contributed by atoms with van der Waals surface area (Å²) in [4.78, 5) is 63.0. The van der Waals surface area contributed by atoms with Crippen molar-refractivity contribution in [2.75, 3.05) is 45.0 Å². The van der Waals surface area contributed by atoms with E-state index >= 15 is 0 Å². The van der Waals surface area contributed by atoms with Gasteiger partial charge in [0, 0.05) is 22.6 Å². The molecule has 1 heterocycles. The van der Waals surface area contributed by atoms with E-state index in [1.54, 1.807) is 54.7 Å². The maximum atomic E-state index is 13.3. The summed E-state index contributed by atoms with van der Waals surface area (Å²) in [6.45, 7) is 13.3. The van der Waals surface area contributed by atoms with Gasteiger partial charge in [0.15, 0.2) is 5.50 Å². The van der Waals surface area contributed by atoms with Crippen LogP contribution in [0.15, 0.2) is 139 Å². The summed E-state index contributed by atoms with van der Waals surface area (Å²) < 4.78 is 46.2. The lowest BCUT2D eigenvalue weighted by atomic mass is 9.82. The predicted molar refractivity (Wildman–Crippen MR) is 307 cm³/mol. The highest BCUT2D eigenvalue weighted by atomic mass is 32.2. The van der Waals surface area contributed by atoms with E-state index in [1.165, 1.54) is 28.9 Å². The number of amides is 1. The van der Waals surface area contributed by atoms with Gasteiger partial charge >= 0.3 is 23.9 Å². The molecule has 2 aliphatic carbocycles. The summed E-state index contributed by atoms with van der Waals surface area (Å²) in [6.07, 6.45) is 18.2. The van der Waals surface area contributed by atoms with E-state index in [4.69, 9.17) is 43.0 Å². The zero-order chi connectivity index (χ0) is 56.3. The highest BCUT2D eigenvalue weighted by Gasteiger charge is 2.31. The lowest BCUT2D eigenvalue weighted by Crippen LogP contribution is -2.36. The average Bonchev–Trinajstić information content (AvgIpc) is 3.92. The molecule has 16 nitrogen and oxygen atoms in total. The molecule has 1 unspecified atom stereocenters. The first-order chi connectivity index (χ1) is 39.1. The second-order valence-electron chi connectivity index (χ2n) is 20.1. The maximum absolute atomic E-state index is 13.3. The average molecular weight is 1110 g/mol. The Bertz CT molecular complexity index is 2670. The summed E-state index contributed by atoms with van der Waals surface area (Å²) in [7, 11) is 0. The molecule has 3 aliphatic rings. The van der Waals surface area contributed by atoms with Crippen LogP contribution in [0, 0.1) is 23.7 Å². The fourth-order valence-electron chi connectivity index (χ4n) is 9.50. The van der Waals surface area contributed by atoms with Gasteiger partial charge in [0.1, 0.15) is 34.5 Å². The lowest BCUT2D eigenvalue weighted by Gasteiger charge is -2.28. The maximum Gasteiger partial charge on any atom is 0.330 e. The second kappa shape index (κ2) is 32.5. The number of benzene rings is 4. The minimum Gasteiger partial charge on any atom is -0.494 e. The molecule has 1 aliphatic heterocycles. The first-order valence-electron chi connectivity index (χ1n) is 28.0. The molecule has 4 aromatic rings. The van der Waals surface area contributed by atoms with E-state index < -0.39 is 17.4 Å². The number of unbranched alkanes of at least 4 members (excludes halogenated alkanes) is 6. The first kappa shape index (κ1) is 60.1. The molecule has 1 atom stereocenters. The Labute approximate surface area is 474 Å². The van der Waals surface area contributed by atoms with Crippen LogP contribution in [0.2, 0.25) is 0 Å². The molecule has 0 radical (unpaired) electrons. The van der Waals surface area contributed by atoms with Gasteiger partial charge in [-0.3, -0.25) is 14.4 Å². The Morgan fingerprint density at radius 1 is 0.537 bits per heavy atom. The highest BCUT2D eigenvalue weighted by Crippen LogP contribution is 2.40. The number of carbonyl (C=O) groups excluding carboxylic acids is 5. The standard InChI is InChI=1S/C63H75N3O13S/c1-4-58(67)66(63-65-55-17-11-12-18-57(55)80-63)64-42-49-41-54(76-43-45-19-23-47(24-20-45)61(70)78-52-31-27-50(28-32-52)72-37-13-7-9-15-39-74-59(68)5-2)35-36-56(49)77-44-46-21-25-48(26-22-46)62(71)79-53-33-29-51(30-34-53)73-38-14-8-10-16-40-75-60(69)6-3/h4-6,11-12,17-18,27-36,41-42,45-48,63,65H,1-3,7-10,13-16,19-26,37-40,43-44H2/b64-42+. The van der Waals surface area contributed by atoms with Gasteiger partial charge in [-0.25, -0.2) is 9.59 Å². The Morgan fingerprint density at radius 3 is 1.51 bits per heavy atom. The summed E-state index contributed by atoms with van der Waals surface area (Å²) >= 11 is 1.48. The van der Waals surface area contributed by atoms with E-state index in [-0.39, 0.29) is 41.5 Å². The highest BCUT2D eigenvalue weighted by molar-refractivity contribution is 8.00. The van der Waals surface area contributed by atoms with Crippen molar-refractivity contribution in [2.45, 2.75) is 113 Å². The molecule has 426 valence electrons. The zero-order valence-corrected chi connectivity index (χ0v) is 46.5. The normalized spacial score (nSPS) is 18.3. The summed E-state index contributed by atoms with van der Waals surface area (Å²) in [5.41, 5.74) is 1.04. The van der Waals surface area contributed by atoms with Crippen LogP contribution in [0.5, 0.6) is 34.5 Å². The van der Waals surface area contributed by atoms with Crippen LogP contribution in [-0.2, 0) is 33.4 Å². The molecule has 4 aromatic carbocycles. The van der Waals surface area contributed by atoms with Gasteiger partial charge in [-0.1, -0.05) is 43.6 Å². The molecule has 17 heteroatoms. The van der Waals surface area contributed by atoms with Crippen LogP contribution in [-0.4, -0.2) is 86.1 Å². The van der Waals surface area contributed by atoms with Crippen molar-refractivity contribution in [3.8, 4) is 34.5 Å². The monoisotopic (exact) mass is 1110 g/mol. The fourth-order valence-corrected chi connectivity index (χ4v) is 10.6. The molecule has 1 amide bonds. The van der Waals surface area contributed by atoms with Gasteiger partial charge in [-0.05, 0) is 200 Å². The molecular weight excluding hydrogens is 1040 g/mol. The van der Waals surface area contributed by atoms with Crippen molar-refractivity contribution in [1.29, 1.82) is 0 Å². The van der Waals surface area contributed by atoms with E-state index in [1.807, 2.05) is 42.5 Å². The van der Waals surface area contributed by atoms with Crippen molar-refractivity contribution in [3.63, 3.8) is 0 Å². The fraction of sp³-hybridized carbons (Fsp3) is 0.429. The molecule has 7 rings (SSSR count). The van der Waals surface area contributed by atoms with E-state index in [0.29, 0.717) is 105 Å². The number of rotatable bonds is 32. The molecule has 2 saturated carbocycles. The van der Waals surface area contributed by atoms with Gasteiger partial charge in [-0.2, -0.15) is 10.1 Å². The molecule has 0 saturated heterocycles. The van der Waals surface area contributed by atoms with Crippen molar-refractivity contribution < 1.29 is 61.9 Å². The molecule has 0 spiro atoms. The van der Waals surface area contributed by atoms with E-state index in [0.717, 1.165) is 93.7 Å². The number of hydrogen-bond donors (Lipinski definition) is 1. The predicted octanol–water partition coefficient (Wildman–Crippen LogP) is 12.5. The van der Waals surface area contributed by atoms with E-state index in [2.05, 4.69) is 25.1 Å². The molecule has 1 N–H and O–H groups in total. The molecular formula is C63H75N3O13S. The summed E-state index contributed by atoms with van der Waals surface area (Å²) in [5.74, 6) is 1.91. The van der Waals surface area contributed by atoms with Gasteiger partial charge in [0.2, 0.25) is 0 Å². The Morgan fingerprint density at radius 2 is 1.01 bits per heavy atom. The van der Waals surface area contributed by atoms with Crippen molar-refractivity contribution >= 4 is 53.4 Å². The third-order valence-corrected chi connectivity index (χ3v) is 15.3. The third-order valence-electron chi connectivity index (χ3n) is 14.2. The number of ether oxygens (including phenoxy) is 8. The second-order valence-corrected chi connectivity index (χ2v) is 21.2. The van der Waals surface area contributed by atoms with Crippen LogP contribution >= 0.6 is 11.8 Å². The molecule has 0 bridgehead atoms. The third kappa shape index (κ3) is 19.7. The summed E-state index contributed by atoms with van der Waals surface area (Å²) in [6, 6.07) is 27.7. The number of nitrogens with one attached hydrogen (secondary N) is 1. The minimum atomic E-state index is -0.496. The van der Waals surface area contributed by atoms with Gasteiger partial charge in [0.25, 0.3) is 5.91 Å². The number of nitrogens with zero attached hydrogens (tertiary/aromatic N) is 2. The van der Waals surface area contributed by atoms with Gasteiger partial charge in [0.05, 0.1) is 63.4 Å². The number of esters is 4. The number of fused-ring (bicyclic) bond motifs is 1. The Kier molecular flexibility index (Phi) is 24.4. The topological polar surface area (TPSA) is 187 Å². The number of hydrazone groups is 1. The van der Waals surface area contributed by atoms with Crippen LogP contribution < -0.4 is 33.7 Å². The summed E-state index contributed by atoms with van der Waals surface area (Å²) in [5, 5.41) is 9.45. The minimum absolute atomic E-state index is 0.205. The lowest BCUT2D eigenvalue weighted by molar-refractivity contribution is -0.141. The van der Waals surface area contributed by atoms with Crippen LogP contribution in [0.1, 0.15) is 108 Å². The quantitative estimate of drug-likeness (QED) is 0.0121. The Balaban J connectivity index is 0.862. The first-order valence-corrected chi connectivity index (χ1v) is 28.8. The Hall–Kier alpha value is -7.53. The van der Waals surface area contributed by atoms with Crippen LogP contribution in [0.25, 0.3) is 0 Å². The van der Waals surface area contributed by atoms with E-state index in [9.17, 15) is 24.0 Å². The number of anilines is 1. The van der Waals surface area contributed by atoms with Crippen molar-refractivity contribution in [3.05, 3.63) is 135 Å². The molecule has 0 aromatic heterocycles. The molecule has 2 fully saturated rings. The van der Waals surface area contributed by atoms with Crippen molar-refractivity contribution in [1.82, 2.24) is 5.01 Å². The van der Waals surface area contributed by atoms with Gasteiger partial charge in [-0.15, -0.1) is 0 Å². The van der Waals surface area contributed by atoms with Crippen LogP contribution in [0.3, 0.4) is 0 Å².